The Bertz CT molecular complexity index is 136. The Labute approximate surface area is 84.6 Å². The van der Waals surface area contributed by atoms with Crippen LogP contribution in [-0.4, -0.2) is 24.2 Å². The molecule has 11 heavy (non-hydrogen) atoms. The summed E-state index contributed by atoms with van der Waals surface area (Å²) < 4.78 is 0. The molecule has 1 amide bonds. The first-order valence-electron chi connectivity index (χ1n) is 3.01. The third-order valence-electron chi connectivity index (χ3n) is 0.805. The molecule has 4 heteroatoms. The summed E-state index contributed by atoms with van der Waals surface area (Å²) in [5, 5.41) is 0.0538. The number of amides is 1. The summed E-state index contributed by atoms with van der Waals surface area (Å²) in [5.74, 6) is 1.77. The molecule has 0 aliphatic heterocycles. The number of carbonyl (C=O) groups excluding carboxylic acids is 1. The molecule has 58 valence electrons. The molecule has 0 spiro atoms. The van der Waals surface area contributed by atoms with Crippen LogP contribution in [-0.2, 0) is 0 Å². The minimum atomic E-state index is 0. The van der Waals surface area contributed by atoms with Crippen molar-refractivity contribution in [2.24, 2.45) is 0 Å². The zero-order valence-corrected chi connectivity index (χ0v) is 8.31. The van der Waals surface area contributed by atoms with E-state index in [9.17, 15) is 4.79 Å². The normalized spacial score (nSPS) is 9.00. The molecule has 0 aliphatic carbocycles. The third-order valence-corrected chi connectivity index (χ3v) is 1.67. The molecular weight excluding hydrogens is 153 g/mol. The third kappa shape index (κ3) is 7.93. The Morgan fingerprint density at radius 2 is 2.09 bits per heavy atom. The predicted molar refractivity (Wildman–Crippen MR) is 45.8 cm³/mol. The Morgan fingerprint density at radius 1 is 1.55 bits per heavy atom. The van der Waals surface area contributed by atoms with Crippen LogP contribution in [0.3, 0.4) is 0 Å². The Kier molecular flexibility index (Phi) is 10.1. The second-order valence-electron chi connectivity index (χ2n) is 1.94. The van der Waals surface area contributed by atoms with E-state index < -0.39 is 0 Å². The Morgan fingerprint density at radius 3 is 2.45 bits per heavy atom. The summed E-state index contributed by atoms with van der Waals surface area (Å²) in [6.07, 6.45) is 3.72. The topological polar surface area (TPSA) is 20.3 Å². The zero-order valence-electron chi connectivity index (χ0n) is 7.50. The van der Waals surface area contributed by atoms with E-state index in [0.29, 0.717) is 0 Å². The van der Waals surface area contributed by atoms with Crippen LogP contribution < -0.4 is 18.9 Å². The van der Waals surface area contributed by atoms with Crippen LogP contribution in [0.5, 0.6) is 0 Å². The maximum atomic E-state index is 10.8. The van der Waals surface area contributed by atoms with Gasteiger partial charge in [-0.2, -0.15) is 5.75 Å². The van der Waals surface area contributed by atoms with Crippen molar-refractivity contribution in [2.45, 2.75) is 6.92 Å². The first-order valence-corrected chi connectivity index (χ1v) is 3.89. The molecule has 0 aliphatic rings. The van der Waals surface area contributed by atoms with Crippen molar-refractivity contribution >= 4 is 17.0 Å². The van der Waals surface area contributed by atoms with E-state index in [2.05, 4.69) is 0 Å². The molecule has 0 aromatic rings. The van der Waals surface area contributed by atoms with Crippen molar-refractivity contribution in [2.75, 3.05) is 14.1 Å². The SMILES string of the molecule is C/C=C/[CH-]SC(=O)N(C)C.[Li+]. The quantitative estimate of drug-likeness (QED) is 0.392. The number of hydrogen-bond acceptors (Lipinski definition) is 2. The average molecular weight is 165 g/mol. The van der Waals surface area contributed by atoms with Gasteiger partial charge in [0.25, 0.3) is 5.24 Å². The van der Waals surface area contributed by atoms with Crippen LogP contribution in [0.25, 0.3) is 0 Å². The second-order valence-corrected chi connectivity index (χ2v) is 2.80. The van der Waals surface area contributed by atoms with Crippen LogP contribution >= 0.6 is 11.8 Å². The summed E-state index contributed by atoms with van der Waals surface area (Å²) in [4.78, 5) is 12.4. The van der Waals surface area contributed by atoms with E-state index in [-0.39, 0.29) is 24.1 Å². The van der Waals surface area contributed by atoms with Crippen LogP contribution in [0, 0.1) is 5.75 Å². The van der Waals surface area contributed by atoms with Gasteiger partial charge in [0, 0.05) is 14.1 Å². The summed E-state index contributed by atoms with van der Waals surface area (Å²) in [6.45, 7) is 1.91. The molecule has 0 bridgehead atoms. The largest absolute Gasteiger partial charge is 1.00 e. The summed E-state index contributed by atoms with van der Waals surface area (Å²) in [5.41, 5.74) is 0. The zero-order chi connectivity index (χ0) is 7.98. The molecular formula is C7H12LiNOS. The molecule has 0 fully saturated rings. The summed E-state index contributed by atoms with van der Waals surface area (Å²) in [7, 11) is 3.47. The van der Waals surface area contributed by atoms with Gasteiger partial charge >= 0.3 is 18.9 Å². The minimum absolute atomic E-state index is 0. The maximum absolute atomic E-state index is 10.8. The number of carbonyl (C=O) groups is 1. The monoisotopic (exact) mass is 165 g/mol. The average Bonchev–Trinajstić information content (AvgIpc) is 1.88. The minimum Gasteiger partial charge on any atom is -0.341 e. The van der Waals surface area contributed by atoms with Crippen LogP contribution in [0.1, 0.15) is 6.92 Å². The molecule has 0 rings (SSSR count). The fourth-order valence-corrected chi connectivity index (χ4v) is 0.844. The molecule has 0 saturated heterocycles. The van der Waals surface area contributed by atoms with Crippen molar-refractivity contribution in [3.63, 3.8) is 0 Å². The molecule has 2 nitrogen and oxygen atoms in total. The van der Waals surface area contributed by atoms with Gasteiger partial charge in [-0.1, -0.05) is 0 Å². The van der Waals surface area contributed by atoms with Gasteiger partial charge in [0.05, 0.1) is 0 Å². The van der Waals surface area contributed by atoms with E-state index >= 15 is 0 Å². The number of hydrogen-bond donors (Lipinski definition) is 0. The van der Waals surface area contributed by atoms with Crippen molar-refractivity contribution in [3.8, 4) is 0 Å². The van der Waals surface area contributed by atoms with E-state index in [1.807, 2.05) is 19.1 Å². The number of nitrogens with zero attached hydrogens (tertiary/aromatic N) is 1. The van der Waals surface area contributed by atoms with Crippen LogP contribution in [0.2, 0.25) is 0 Å². The molecule has 0 aromatic carbocycles. The van der Waals surface area contributed by atoms with Crippen molar-refractivity contribution in [3.05, 3.63) is 17.9 Å². The number of rotatable bonds is 2. The van der Waals surface area contributed by atoms with E-state index in [4.69, 9.17) is 0 Å². The van der Waals surface area contributed by atoms with Gasteiger partial charge in [-0.25, -0.2) is 12.2 Å². The Hall–Kier alpha value is 0.0274. The fraction of sp³-hybridized carbons (Fsp3) is 0.429. The second kappa shape index (κ2) is 8.13. The molecule has 0 unspecified atom stereocenters. The number of thioether (sulfide) groups is 1. The predicted octanol–water partition coefficient (Wildman–Crippen LogP) is -0.857. The molecule has 0 saturated carbocycles. The van der Waals surface area contributed by atoms with Gasteiger partial charge in [-0.3, -0.25) is 4.79 Å². The van der Waals surface area contributed by atoms with Crippen LogP contribution in [0.15, 0.2) is 12.2 Å². The molecule has 0 heterocycles. The van der Waals surface area contributed by atoms with Gasteiger partial charge in [-0.15, -0.1) is 18.7 Å². The van der Waals surface area contributed by atoms with Crippen molar-refractivity contribution in [1.29, 1.82) is 0 Å². The molecule has 0 atom stereocenters. The first-order chi connectivity index (χ1) is 4.68. The smallest absolute Gasteiger partial charge is 0.341 e. The van der Waals surface area contributed by atoms with Crippen molar-refractivity contribution in [1.82, 2.24) is 4.90 Å². The fourth-order valence-electron chi connectivity index (χ4n) is 0.281. The first kappa shape index (κ1) is 13.6. The summed E-state index contributed by atoms with van der Waals surface area (Å²) in [6, 6.07) is 0. The standard InChI is InChI=1S/C7H12NOS.Li/c1-4-5-6-10-7(9)8(2)3;/h4-6H,1-3H3;/q-1;+1/b5-4+;. The van der Waals surface area contributed by atoms with Gasteiger partial charge < -0.3 is 4.90 Å². The molecule has 0 radical (unpaired) electrons. The van der Waals surface area contributed by atoms with Gasteiger partial charge in [-0.05, 0) is 0 Å². The maximum Gasteiger partial charge on any atom is 1.00 e. The molecule has 0 aromatic heterocycles. The van der Waals surface area contributed by atoms with E-state index in [1.165, 1.54) is 11.8 Å². The van der Waals surface area contributed by atoms with E-state index in [0.717, 1.165) is 0 Å². The van der Waals surface area contributed by atoms with Gasteiger partial charge in [0.15, 0.2) is 0 Å². The Balaban J connectivity index is 0. The molecule has 0 N–H and O–H groups in total. The van der Waals surface area contributed by atoms with Crippen LogP contribution in [0.4, 0.5) is 4.79 Å². The van der Waals surface area contributed by atoms with Gasteiger partial charge in [0.1, 0.15) is 0 Å². The summed E-state index contributed by atoms with van der Waals surface area (Å²) >= 11 is 1.18. The number of allylic oxidation sites excluding steroid dienone is 1. The van der Waals surface area contributed by atoms with Crippen molar-refractivity contribution < 1.29 is 23.7 Å². The van der Waals surface area contributed by atoms with E-state index in [1.54, 1.807) is 24.7 Å². The van der Waals surface area contributed by atoms with Gasteiger partial charge in [0.2, 0.25) is 0 Å².